The summed E-state index contributed by atoms with van der Waals surface area (Å²) in [5, 5.41) is 0. The Balaban J connectivity index is 1.71. The van der Waals surface area contributed by atoms with E-state index in [-0.39, 0.29) is 42.9 Å². The van der Waals surface area contributed by atoms with E-state index in [9.17, 15) is 4.79 Å². The van der Waals surface area contributed by atoms with Crippen LogP contribution in [0.2, 0.25) is 0 Å². The van der Waals surface area contributed by atoms with Crippen molar-refractivity contribution in [3.8, 4) is 0 Å². The highest BCUT2D eigenvalue weighted by molar-refractivity contribution is 5.70. The molecule has 30 heavy (non-hydrogen) atoms. The Hall–Kier alpha value is -1.69. The van der Waals surface area contributed by atoms with E-state index in [1.807, 2.05) is 18.2 Å². The van der Waals surface area contributed by atoms with Gasteiger partial charge in [0.15, 0.2) is 0 Å². The number of ether oxygens (including phenoxy) is 4. The van der Waals surface area contributed by atoms with Crippen LogP contribution in [-0.2, 0) is 30.3 Å². The summed E-state index contributed by atoms with van der Waals surface area (Å²) in [6.45, 7) is 4.81. The number of benzene rings is 1. The van der Waals surface area contributed by atoms with Gasteiger partial charge in [-0.1, -0.05) is 55.3 Å². The molecule has 2 bridgehead atoms. The van der Waals surface area contributed by atoms with Gasteiger partial charge in [-0.15, -0.1) is 0 Å². The minimum absolute atomic E-state index is 0.0366. The summed E-state index contributed by atoms with van der Waals surface area (Å²) >= 11 is 0. The predicted octanol–water partition coefficient (Wildman–Crippen LogP) is 4.98. The number of carbonyl (C=O) groups excluding carboxylic acids is 1. The number of rotatable bonds is 6. The third-order valence-electron chi connectivity index (χ3n) is 5.90. The molecule has 0 N–H and O–H groups in total. The van der Waals surface area contributed by atoms with Crippen LogP contribution in [0.15, 0.2) is 42.0 Å². The highest BCUT2D eigenvalue weighted by atomic mass is 16.6. The fraction of sp³-hybridized carbons (Fsp3) is 0.640. The van der Waals surface area contributed by atoms with Gasteiger partial charge in [-0.05, 0) is 25.3 Å². The van der Waals surface area contributed by atoms with Crippen molar-refractivity contribution in [3.05, 3.63) is 47.5 Å². The molecular formula is C25H36O5. The van der Waals surface area contributed by atoms with Gasteiger partial charge in [0, 0.05) is 26.4 Å². The first kappa shape index (κ1) is 23.0. The minimum Gasteiger partial charge on any atom is -0.462 e. The maximum absolute atomic E-state index is 12.6. The van der Waals surface area contributed by atoms with E-state index in [1.54, 1.807) is 7.11 Å². The lowest BCUT2D eigenvalue weighted by molar-refractivity contribution is -0.160. The van der Waals surface area contributed by atoms with Gasteiger partial charge in [0.1, 0.15) is 6.10 Å². The van der Waals surface area contributed by atoms with Gasteiger partial charge in [-0.25, -0.2) is 0 Å². The lowest BCUT2D eigenvalue weighted by Gasteiger charge is -2.35. The van der Waals surface area contributed by atoms with E-state index in [1.165, 1.54) is 5.57 Å². The number of carbonyl (C=O) groups is 1. The molecule has 5 nitrogen and oxygen atoms in total. The third kappa shape index (κ3) is 7.22. The molecule has 0 aromatic heterocycles. The molecule has 1 fully saturated rings. The van der Waals surface area contributed by atoms with Gasteiger partial charge in [0.2, 0.25) is 0 Å². The molecule has 0 spiro atoms. The van der Waals surface area contributed by atoms with Crippen LogP contribution in [0, 0.1) is 0 Å². The number of hydrogen-bond donors (Lipinski definition) is 0. The van der Waals surface area contributed by atoms with Crippen molar-refractivity contribution in [2.24, 2.45) is 0 Å². The summed E-state index contributed by atoms with van der Waals surface area (Å²) < 4.78 is 24.0. The predicted molar refractivity (Wildman–Crippen MR) is 116 cm³/mol. The highest BCUT2D eigenvalue weighted by Gasteiger charge is 2.32. The van der Waals surface area contributed by atoms with Crippen LogP contribution in [0.4, 0.5) is 0 Å². The van der Waals surface area contributed by atoms with E-state index < -0.39 is 0 Å². The molecule has 0 radical (unpaired) electrons. The average Bonchev–Trinajstić information content (AvgIpc) is 2.71. The molecule has 2 aliphatic heterocycles. The largest absolute Gasteiger partial charge is 0.462 e. The Labute approximate surface area is 180 Å². The molecule has 1 aromatic rings. The maximum Gasteiger partial charge on any atom is 0.308 e. The molecule has 5 atom stereocenters. The average molecular weight is 417 g/mol. The van der Waals surface area contributed by atoms with Crippen LogP contribution in [0.25, 0.3) is 0 Å². The normalized spacial score (nSPS) is 32.3. The molecule has 2 aliphatic rings. The number of esters is 1. The summed E-state index contributed by atoms with van der Waals surface area (Å²) in [5.74, 6) is -0.183. The van der Waals surface area contributed by atoms with Gasteiger partial charge in [0.25, 0.3) is 0 Å². The van der Waals surface area contributed by atoms with E-state index in [4.69, 9.17) is 18.9 Å². The second-order valence-corrected chi connectivity index (χ2v) is 8.60. The summed E-state index contributed by atoms with van der Waals surface area (Å²) in [7, 11) is 1.73. The zero-order valence-electron chi connectivity index (χ0n) is 18.5. The Kier molecular flexibility index (Phi) is 8.91. The second kappa shape index (κ2) is 11.6. The molecule has 3 rings (SSSR count). The van der Waals surface area contributed by atoms with Crippen LogP contribution in [0.3, 0.4) is 0 Å². The summed E-state index contributed by atoms with van der Waals surface area (Å²) in [6.07, 6.45) is 7.10. The molecule has 0 unspecified atom stereocenters. The minimum atomic E-state index is -0.183. The smallest absolute Gasteiger partial charge is 0.308 e. The summed E-state index contributed by atoms with van der Waals surface area (Å²) in [5.41, 5.74) is 2.40. The van der Waals surface area contributed by atoms with Gasteiger partial charge in [-0.2, -0.15) is 0 Å². The molecule has 0 aliphatic carbocycles. The van der Waals surface area contributed by atoms with Crippen molar-refractivity contribution in [1.29, 1.82) is 0 Å². The molecular weight excluding hydrogens is 380 g/mol. The van der Waals surface area contributed by atoms with Crippen molar-refractivity contribution in [3.63, 3.8) is 0 Å². The van der Waals surface area contributed by atoms with Crippen molar-refractivity contribution < 1.29 is 23.7 Å². The number of methoxy groups -OCH3 is 1. The van der Waals surface area contributed by atoms with Crippen LogP contribution in [0.5, 0.6) is 0 Å². The molecule has 166 valence electrons. The standard InChI is InChI=1S/C25H36O5/c1-4-8-20-13-21(27-3)11-18(2)12-23-14-22(15-24(29-23)16-25(26)30-20)28-17-19-9-6-5-7-10-19/h5-7,9-10,12,20-24H,4,8,11,13-17H2,1-3H3/b18-12-/t20-,21-,22-,23+,24+/m0/s1. The Morgan fingerprint density at radius 3 is 2.60 bits per heavy atom. The third-order valence-corrected chi connectivity index (χ3v) is 5.90. The number of cyclic esters (lactones) is 1. The molecule has 5 heteroatoms. The van der Waals surface area contributed by atoms with Crippen molar-refractivity contribution in [2.75, 3.05) is 7.11 Å². The highest BCUT2D eigenvalue weighted by Crippen LogP contribution is 2.29. The molecule has 1 aromatic carbocycles. The maximum atomic E-state index is 12.6. The lowest BCUT2D eigenvalue weighted by Crippen LogP contribution is -2.38. The van der Waals surface area contributed by atoms with Gasteiger partial charge >= 0.3 is 5.97 Å². The molecule has 0 amide bonds. The second-order valence-electron chi connectivity index (χ2n) is 8.60. The molecule has 0 saturated carbocycles. The van der Waals surface area contributed by atoms with E-state index >= 15 is 0 Å². The monoisotopic (exact) mass is 416 g/mol. The van der Waals surface area contributed by atoms with E-state index in [2.05, 4.69) is 32.1 Å². The number of hydrogen-bond acceptors (Lipinski definition) is 5. The van der Waals surface area contributed by atoms with Crippen LogP contribution >= 0.6 is 0 Å². The molecule has 2 heterocycles. The first-order chi connectivity index (χ1) is 14.6. The Bertz CT molecular complexity index is 686. The van der Waals surface area contributed by atoms with E-state index in [0.29, 0.717) is 13.0 Å². The quantitative estimate of drug-likeness (QED) is 0.484. The van der Waals surface area contributed by atoms with Crippen LogP contribution < -0.4 is 0 Å². The zero-order chi connectivity index (χ0) is 21.3. The Morgan fingerprint density at radius 2 is 1.87 bits per heavy atom. The van der Waals surface area contributed by atoms with Crippen LogP contribution in [0.1, 0.15) is 64.4 Å². The van der Waals surface area contributed by atoms with Crippen LogP contribution in [-0.4, -0.2) is 43.6 Å². The summed E-state index contributed by atoms with van der Waals surface area (Å²) in [6, 6.07) is 10.2. The SMILES string of the molecule is CCC[C@H]1C[C@@H](OC)C/C(C)=C\[C@@H]2C[C@H](OCc3ccccc3)C[C@H](CC(=O)O1)O2. The van der Waals surface area contributed by atoms with Crippen molar-refractivity contribution in [2.45, 2.75) is 95.9 Å². The Morgan fingerprint density at radius 1 is 1.07 bits per heavy atom. The fourth-order valence-corrected chi connectivity index (χ4v) is 4.44. The van der Waals surface area contributed by atoms with Crippen molar-refractivity contribution >= 4 is 5.97 Å². The first-order valence-electron chi connectivity index (χ1n) is 11.3. The van der Waals surface area contributed by atoms with E-state index in [0.717, 1.165) is 37.7 Å². The molecule has 1 saturated heterocycles. The number of fused-ring (bicyclic) bond motifs is 2. The first-order valence-corrected chi connectivity index (χ1v) is 11.3. The van der Waals surface area contributed by atoms with Crippen molar-refractivity contribution in [1.82, 2.24) is 0 Å². The van der Waals surface area contributed by atoms with Gasteiger partial charge in [0.05, 0.1) is 37.4 Å². The summed E-state index contributed by atoms with van der Waals surface area (Å²) in [4.78, 5) is 12.6. The lowest BCUT2D eigenvalue weighted by atomic mass is 9.95. The van der Waals surface area contributed by atoms with Gasteiger partial charge < -0.3 is 18.9 Å². The fourth-order valence-electron chi connectivity index (χ4n) is 4.44. The van der Waals surface area contributed by atoms with Gasteiger partial charge in [-0.3, -0.25) is 4.79 Å². The zero-order valence-corrected chi connectivity index (χ0v) is 18.5. The topological polar surface area (TPSA) is 54.0 Å².